The number of aromatic nitrogens is 2. The van der Waals surface area contributed by atoms with Gasteiger partial charge in [0.2, 0.25) is 0 Å². The minimum atomic E-state index is 0.693. The van der Waals surface area contributed by atoms with Gasteiger partial charge in [0.25, 0.3) is 0 Å². The predicted octanol–water partition coefficient (Wildman–Crippen LogP) is 7.85. The van der Waals surface area contributed by atoms with Gasteiger partial charge in [-0.15, -0.1) is 19.3 Å². The molecule has 1 aliphatic rings. The smallest absolute Gasteiger partial charge is 0.130 e. The summed E-state index contributed by atoms with van der Waals surface area (Å²) in [4.78, 5) is 13.8. The van der Waals surface area contributed by atoms with Crippen molar-refractivity contribution in [2.45, 2.75) is 41.0 Å². The van der Waals surface area contributed by atoms with Crippen molar-refractivity contribution in [3.63, 3.8) is 0 Å². The van der Waals surface area contributed by atoms with Gasteiger partial charge < -0.3 is 5.32 Å². The second kappa shape index (κ2) is 14.8. The lowest BCUT2D eigenvalue weighted by atomic mass is 9.90. The molecule has 0 unspecified atom stereocenters. The minimum absolute atomic E-state index is 0.693. The molecule has 192 valence electrons. The maximum absolute atomic E-state index is 5.67. The van der Waals surface area contributed by atoms with Gasteiger partial charge in [0, 0.05) is 23.7 Å². The molecule has 0 bridgehead atoms. The third-order valence-electron chi connectivity index (χ3n) is 5.91. The van der Waals surface area contributed by atoms with Crippen molar-refractivity contribution >= 4 is 22.7 Å². The molecule has 0 aliphatic carbocycles. The number of allylic oxidation sites excluding steroid dienone is 10. The Morgan fingerprint density at radius 1 is 1.13 bits per heavy atom. The van der Waals surface area contributed by atoms with Gasteiger partial charge in [0.15, 0.2) is 0 Å². The first-order valence-corrected chi connectivity index (χ1v) is 12.5. The fourth-order valence-corrected chi connectivity index (χ4v) is 3.84. The van der Waals surface area contributed by atoms with Crippen LogP contribution in [-0.2, 0) is 0 Å². The van der Waals surface area contributed by atoms with Crippen LogP contribution in [0.3, 0.4) is 0 Å². The number of aliphatic imine (C=N–C) groups is 1. The molecule has 1 aliphatic heterocycles. The van der Waals surface area contributed by atoms with Crippen LogP contribution < -0.4 is 5.32 Å². The summed E-state index contributed by atoms with van der Waals surface area (Å²) in [5, 5.41) is 3.23. The quantitative estimate of drug-likeness (QED) is 0.282. The average Bonchev–Trinajstić information content (AvgIpc) is 2.92. The van der Waals surface area contributed by atoms with E-state index in [1.165, 1.54) is 5.57 Å². The van der Waals surface area contributed by atoms with Gasteiger partial charge in [0.1, 0.15) is 5.82 Å². The van der Waals surface area contributed by atoms with E-state index in [2.05, 4.69) is 92.6 Å². The van der Waals surface area contributed by atoms with E-state index in [1.54, 1.807) is 12.3 Å². The largest absolute Gasteiger partial charge is 0.344 e. The Hall–Kier alpha value is -4.67. The summed E-state index contributed by atoms with van der Waals surface area (Å²) >= 11 is 0. The Kier molecular flexibility index (Phi) is 11.5. The van der Waals surface area contributed by atoms with Crippen LogP contribution in [0.2, 0.25) is 0 Å². The molecular formula is C34H36N4. The molecule has 1 N–H and O–H groups in total. The summed E-state index contributed by atoms with van der Waals surface area (Å²) in [6.45, 7) is 15.1. The number of rotatable bonds is 9. The third-order valence-corrected chi connectivity index (χ3v) is 5.91. The Balaban J connectivity index is 0.00000247. The van der Waals surface area contributed by atoms with E-state index >= 15 is 0 Å². The fourth-order valence-electron chi connectivity index (χ4n) is 3.84. The molecule has 4 heteroatoms. The monoisotopic (exact) mass is 500 g/mol. The van der Waals surface area contributed by atoms with Gasteiger partial charge in [-0.3, -0.25) is 9.98 Å². The van der Waals surface area contributed by atoms with E-state index in [-0.39, 0.29) is 0 Å². The van der Waals surface area contributed by atoms with Crippen molar-refractivity contribution in [2.24, 2.45) is 4.99 Å². The van der Waals surface area contributed by atoms with Gasteiger partial charge in [-0.05, 0) is 104 Å². The molecule has 0 aromatic carbocycles. The number of hydrogen-bond donors (Lipinski definition) is 1. The highest BCUT2D eigenvalue weighted by Gasteiger charge is 2.19. The zero-order chi connectivity index (χ0) is 28.1. The molecule has 0 amide bonds. The molecule has 3 heterocycles. The van der Waals surface area contributed by atoms with Gasteiger partial charge in [-0.1, -0.05) is 37.1 Å². The highest BCUT2D eigenvalue weighted by atomic mass is 15.0. The van der Waals surface area contributed by atoms with E-state index in [9.17, 15) is 0 Å². The third kappa shape index (κ3) is 7.66. The molecule has 0 saturated carbocycles. The lowest BCUT2D eigenvalue weighted by Crippen LogP contribution is -2.18. The van der Waals surface area contributed by atoms with Crippen molar-refractivity contribution in [3.05, 3.63) is 113 Å². The second-order valence-electron chi connectivity index (χ2n) is 8.77. The van der Waals surface area contributed by atoms with Crippen LogP contribution in [0.1, 0.15) is 52.3 Å². The first-order chi connectivity index (χ1) is 18.4. The summed E-state index contributed by atoms with van der Waals surface area (Å²) < 4.78 is 0. The molecule has 2 aromatic rings. The maximum Gasteiger partial charge on any atom is 0.130 e. The highest BCUT2D eigenvalue weighted by molar-refractivity contribution is 6.17. The topological polar surface area (TPSA) is 50.2 Å². The van der Waals surface area contributed by atoms with E-state index in [4.69, 9.17) is 11.4 Å². The Bertz CT molecular complexity index is 1380. The number of terminal acetylenes is 2. The van der Waals surface area contributed by atoms with E-state index < -0.39 is 0 Å². The van der Waals surface area contributed by atoms with Crippen molar-refractivity contribution in [2.75, 3.05) is 11.9 Å². The number of pyridine rings is 2. The summed E-state index contributed by atoms with van der Waals surface area (Å²) in [6.07, 6.45) is 26.5. The molecule has 0 fully saturated rings. The minimum Gasteiger partial charge on any atom is -0.344 e. The summed E-state index contributed by atoms with van der Waals surface area (Å²) in [5.74, 6) is 3.48. The molecule has 0 saturated heterocycles. The van der Waals surface area contributed by atoms with E-state index in [0.29, 0.717) is 6.54 Å². The molecule has 2 aromatic heterocycles. The van der Waals surface area contributed by atoms with Gasteiger partial charge in [-0.25, -0.2) is 4.98 Å². The molecule has 38 heavy (non-hydrogen) atoms. The Morgan fingerprint density at radius 2 is 1.89 bits per heavy atom. The van der Waals surface area contributed by atoms with Crippen LogP contribution >= 0.6 is 0 Å². The van der Waals surface area contributed by atoms with Gasteiger partial charge in [0.05, 0.1) is 18.0 Å². The van der Waals surface area contributed by atoms with Crippen LogP contribution in [0.4, 0.5) is 5.82 Å². The predicted molar refractivity (Wildman–Crippen MR) is 164 cm³/mol. The van der Waals surface area contributed by atoms with Gasteiger partial charge >= 0.3 is 0 Å². The zero-order valence-electron chi connectivity index (χ0n) is 23.0. The number of nitrogens with zero attached hydrogens (tertiary/aromatic N) is 3. The summed E-state index contributed by atoms with van der Waals surface area (Å²) in [7, 11) is 0. The standard InChI is InChI=1S/C32H34N4.C2H2/c1-8-13-28(30-14-11-12-17-33-30)29(22(4)5)18-23(6)32-27(21-35-32)19-25(10-3)26-15-16-31(34-20-26)36-24(7)9-2;1-2/h1,10-20H,7,9,21H2,2-6H3,(H,34,36);1-2H/b23-18+,25-10+,27-19+,28-13+;. The molecular weight excluding hydrogens is 464 g/mol. The van der Waals surface area contributed by atoms with Crippen molar-refractivity contribution in [1.29, 1.82) is 0 Å². The average molecular weight is 501 g/mol. The van der Waals surface area contributed by atoms with Crippen LogP contribution in [-0.4, -0.2) is 22.2 Å². The Morgan fingerprint density at radius 3 is 2.39 bits per heavy atom. The first-order valence-electron chi connectivity index (χ1n) is 12.5. The number of nitrogens with one attached hydrogen (secondary N) is 1. The van der Waals surface area contributed by atoms with Crippen LogP contribution in [0.15, 0.2) is 107 Å². The summed E-state index contributed by atoms with van der Waals surface area (Å²) in [6, 6.07) is 9.91. The zero-order valence-corrected chi connectivity index (χ0v) is 23.0. The summed E-state index contributed by atoms with van der Waals surface area (Å²) in [5.41, 5.74) is 10.4. The molecule has 4 nitrogen and oxygen atoms in total. The van der Waals surface area contributed by atoms with Crippen LogP contribution in [0, 0.1) is 25.2 Å². The lowest BCUT2D eigenvalue weighted by molar-refractivity contribution is 1.10. The van der Waals surface area contributed by atoms with E-state index in [1.807, 2.05) is 37.4 Å². The van der Waals surface area contributed by atoms with Crippen molar-refractivity contribution < 1.29 is 0 Å². The van der Waals surface area contributed by atoms with Crippen molar-refractivity contribution in [3.8, 4) is 25.2 Å². The molecule has 0 spiro atoms. The SMILES string of the molecule is C#C.C#C/C=C(\C(/C=C(\C)C1=NC/C1=C\C(=C/C)c1ccc(NC(=C)CC)nc1)=C(C)C)c1ccccn1. The van der Waals surface area contributed by atoms with Crippen molar-refractivity contribution in [1.82, 2.24) is 9.97 Å². The number of hydrogen-bond acceptors (Lipinski definition) is 4. The molecule has 3 rings (SSSR count). The maximum atomic E-state index is 5.67. The highest BCUT2D eigenvalue weighted by Crippen LogP contribution is 2.29. The van der Waals surface area contributed by atoms with Crippen LogP contribution in [0.5, 0.6) is 0 Å². The second-order valence-corrected chi connectivity index (χ2v) is 8.77. The normalized spacial score (nSPS) is 14.3. The molecule has 0 atom stereocenters. The van der Waals surface area contributed by atoms with Crippen LogP contribution in [0.25, 0.3) is 11.1 Å². The number of anilines is 1. The van der Waals surface area contributed by atoms with Gasteiger partial charge in [-0.2, -0.15) is 0 Å². The molecule has 0 radical (unpaired) electrons. The fraction of sp³-hybridized carbons (Fsp3) is 0.206. The first kappa shape index (κ1) is 29.6. The lowest BCUT2D eigenvalue weighted by Gasteiger charge is -2.21. The van der Waals surface area contributed by atoms with E-state index in [0.717, 1.165) is 62.8 Å². The Labute approximate surface area is 228 Å².